The molecule has 0 radical (unpaired) electrons. The highest BCUT2D eigenvalue weighted by atomic mass is 79.9. The first kappa shape index (κ1) is 15.8. The molecule has 1 saturated carbocycles. The molecule has 0 amide bonds. The largest absolute Gasteiger partial charge is 0.310 e. The molecule has 1 aromatic carbocycles. The van der Waals surface area contributed by atoms with E-state index in [9.17, 15) is 10.1 Å². The van der Waals surface area contributed by atoms with Crippen molar-refractivity contribution in [3.05, 3.63) is 38.3 Å². The van der Waals surface area contributed by atoms with Crippen LogP contribution in [0, 0.1) is 10.1 Å². The van der Waals surface area contributed by atoms with Crippen molar-refractivity contribution >= 4 is 33.4 Å². The van der Waals surface area contributed by atoms with Crippen molar-refractivity contribution < 1.29 is 4.92 Å². The van der Waals surface area contributed by atoms with E-state index in [1.165, 1.54) is 25.7 Å². The van der Waals surface area contributed by atoms with Gasteiger partial charge in [-0.1, -0.05) is 15.9 Å². The fourth-order valence-corrected chi connectivity index (χ4v) is 3.80. The third kappa shape index (κ3) is 4.20. The molecule has 1 N–H and O–H groups in total. The van der Waals surface area contributed by atoms with Crippen LogP contribution < -0.4 is 5.32 Å². The van der Waals surface area contributed by atoms with Crippen LogP contribution in [-0.2, 0) is 6.54 Å². The summed E-state index contributed by atoms with van der Waals surface area (Å²) in [5.74, 6) is 0. The van der Waals surface area contributed by atoms with E-state index >= 15 is 0 Å². The Kier molecular flexibility index (Phi) is 5.86. The predicted octanol–water partition coefficient (Wildman–Crippen LogP) is 4.12. The minimum absolute atomic E-state index is 0.126. The van der Waals surface area contributed by atoms with Gasteiger partial charge in [0, 0.05) is 34.4 Å². The summed E-state index contributed by atoms with van der Waals surface area (Å²) >= 11 is 5.38. The number of nitro benzene ring substituents is 1. The maximum absolute atomic E-state index is 10.7. The van der Waals surface area contributed by atoms with Crippen molar-refractivity contribution in [3.8, 4) is 0 Å². The van der Waals surface area contributed by atoms with Gasteiger partial charge in [-0.05, 0) is 43.6 Å². The van der Waals surface area contributed by atoms with E-state index in [1.54, 1.807) is 12.1 Å². The molecular weight excluding hydrogens is 340 g/mol. The van der Waals surface area contributed by atoms with Crippen molar-refractivity contribution in [2.24, 2.45) is 0 Å². The Labute approximate surface area is 132 Å². The molecule has 20 heavy (non-hydrogen) atoms. The molecule has 4 nitrogen and oxygen atoms in total. The van der Waals surface area contributed by atoms with Gasteiger partial charge in [-0.2, -0.15) is 11.8 Å². The molecule has 2 rings (SSSR count). The maximum atomic E-state index is 10.7. The molecule has 110 valence electrons. The molecule has 0 heterocycles. The quantitative estimate of drug-likeness (QED) is 0.635. The van der Waals surface area contributed by atoms with Crippen LogP contribution in [0.25, 0.3) is 0 Å². The second kappa shape index (κ2) is 7.43. The molecule has 0 saturated heterocycles. The van der Waals surface area contributed by atoms with Crippen LogP contribution in [0.3, 0.4) is 0 Å². The topological polar surface area (TPSA) is 55.2 Å². The summed E-state index contributed by atoms with van der Waals surface area (Å²) in [5.41, 5.74) is 1.20. The van der Waals surface area contributed by atoms with Gasteiger partial charge >= 0.3 is 0 Å². The number of nitro groups is 1. The van der Waals surface area contributed by atoms with E-state index in [0.29, 0.717) is 6.04 Å². The highest BCUT2D eigenvalue weighted by molar-refractivity contribution is 9.10. The Morgan fingerprint density at radius 3 is 2.65 bits per heavy atom. The Bertz CT molecular complexity index is 476. The smallest absolute Gasteiger partial charge is 0.270 e. The Hall–Kier alpha value is -0.590. The lowest BCUT2D eigenvalue weighted by Crippen LogP contribution is -2.33. The molecule has 1 aliphatic rings. The summed E-state index contributed by atoms with van der Waals surface area (Å²) in [5, 5.41) is 15.1. The molecular formula is C14H19BrN2O2S. The number of thioether (sulfide) groups is 1. The Balaban J connectivity index is 1.87. The monoisotopic (exact) mass is 358 g/mol. The van der Waals surface area contributed by atoms with Gasteiger partial charge in [0.15, 0.2) is 0 Å². The zero-order valence-electron chi connectivity index (χ0n) is 11.5. The molecule has 0 unspecified atom stereocenters. The van der Waals surface area contributed by atoms with Gasteiger partial charge in [0.1, 0.15) is 0 Å². The summed E-state index contributed by atoms with van der Waals surface area (Å²) < 4.78 is 0.803. The van der Waals surface area contributed by atoms with Crippen LogP contribution in [0.2, 0.25) is 0 Å². The highest BCUT2D eigenvalue weighted by Gasteiger charge is 2.20. The van der Waals surface area contributed by atoms with Crippen LogP contribution in [-0.4, -0.2) is 22.5 Å². The van der Waals surface area contributed by atoms with E-state index in [2.05, 4.69) is 27.5 Å². The van der Waals surface area contributed by atoms with Crippen LogP contribution in [0.1, 0.15) is 31.2 Å². The average Bonchev–Trinajstić information content (AvgIpc) is 2.46. The van der Waals surface area contributed by atoms with Crippen LogP contribution in [0.5, 0.6) is 0 Å². The zero-order valence-corrected chi connectivity index (χ0v) is 13.9. The lowest BCUT2D eigenvalue weighted by atomic mass is 9.95. The highest BCUT2D eigenvalue weighted by Crippen LogP contribution is 2.28. The second-order valence-electron chi connectivity index (χ2n) is 5.12. The van der Waals surface area contributed by atoms with Crippen molar-refractivity contribution in [3.63, 3.8) is 0 Å². The number of hydrogen-bond donors (Lipinski definition) is 1. The van der Waals surface area contributed by atoms with Crippen molar-refractivity contribution in [2.45, 2.75) is 43.5 Å². The van der Waals surface area contributed by atoms with E-state index in [-0.39, 0.29) is 10.6 Å². The lowest BCUT2D eigenvalue weighted by molar-refractivity contribution is -0.384. The second-order valence-corrected chi connectivity index (χ2v) is 7.12. The van der Waals surface area contributed by atoms with Gasteiger partial charge in [0.05, 0.1) is 4.92 Å². The molecule has 0 spiro atoms. The fraction of sp³-hybridized carbons (Fsp3) is 0.571. The maximum Gasteiger partial charge on any atom is 0.270 e. The first-order chi connectivity index (χ1) is 9.60. The molecule has 0 aromatic heterocycles. The van der Waals surface area contributed by atoms with Crippen molar-refractivity contribution in [2.75, 3.05) is 6.26 Å². The standard InChI is InChI=1S/C14H19BrN2O2S/c1-20-13-6-3-11(4-7-13)16-9-10-2-5-12(17(18)19)8-14(10)15/h2,5,8,11,13,16H,3-4,6-7,9H2,1H3. The average molecular weight is 359 g/mol. The van der Waals surface area contributed by atoms with Gasteiger partial charge < -0.3 is 5.32 Å². The predicted molar refractivity (Wildman–Crippen MR) is 87.2 cm³/mol. The van der Waals surface area contributed by atoms with E-state index in [4.69, 9.17) is 0 Å². The third-order valence-electron chi connectivity index (χ3n) is 3.84. The molecule has 6 heteroatoms. The van der Waals surface area contributed by atoms with Crippen LogP contribution >= 0.6 is 27.7 Å². The number of nitrogens with zero attached hydrogens (tertiary/aromatic N) is 1. The van der Waals surface area contributed by atoms with Gasteiger partial charge in [0.25, 0.3) is 5.69 Å². The van der Waals surface area contributed by atoms with Gasteiger partial charge in [-0.3, -0.25) is 10.1 Å². The summed E-state index contributed by atoms with van der Waals surface area (Å²) in [7, 11) is 0. The Morgan fingerprint density at radius 2 is 2.10 bits per heavy atom. The normalized spacial score (nSPS) is 22.7. The molecule has 0 aliphatic heterocycles. The van der Waals surface area contributed by atoms with Gasteiger partial charge in [-0.15, -0.1) is 0 Å². The minimum Gasteiger partial charge on any atom is -0.310 e. The number of non-ortho nitro benzene ring substituents is 1. The molecule has 1 aromatic rings. The first-order valence-electron chi connectivity index (χ1n) is 6.79. The number of benzene rings is 1. The van der Waals surface area contributed by atoms with Crippen molar-refractivity contribution in [1.82, 2.24) is 5.32 Å². The number of rotatable bonds is 5. The SMILES string of the molecule is CSC1CCC(NCc2ccc([N+](=O)[O-])cc2Br)CC1. The number of nitrogens with one attached hydrogen (secondary N) is 1. The summed E-state index contributed by atoms with van der Waals surface area (Å²) in [6.07, 6.45) is 7.18. The minimum atomic E-state index is -0.369. The molecule has 1 aliphatic carbocycles. The zero-order chi connectivity index (χ0) is 14.5. The fourth-order valence-electron chi connectivity index (χ4n) is 2.55. The first-order valence-corrected chi connectivity index (χ1v) is 8.87. The van der Waals surface area contributed by atoms with E-state index < -0.39 is 0 Å². The van der Waals surface area contributed by atoms with Crippen LogP contribution in [0.15, 0.2) is 22.7 Å². The summed E-state index contributed by atoms with van der Waals surface area (Å²) in [6, 6.07) is 5.53. The van der Waals surface area contributed by atoms with Gasteiger partial charge in [-0.25, -0.2) is 0 Å². The van der Waals surface area contributed by atoms with Crippen molar-refractivity contribution in [1.29, 1.82) is 0 Å². The number of hydrogen-bond acceptors (Lipinski definition) is 4. The van der Waals surface area contributed by atoms with Gasteiger partial charge in [0.2, 0.25) is 0 Å². The third-order valence-corrected chi connectivity index (χ3v) is 5.71. The Morgan fingerprint density at radius 1 is 1.40 bits per heavy atom. The molecule has 0 atom stereocenters. The van der Waals surface area contributed by atoms with E-state index in [0.717, 1.165) is 21.8 Å². The van der Waals surface area contributed by atoms with Crippen LogP contribution in [0.4, 0.5) is 5.69 Å². The lowest BCUT2D eigenvalue weighted by Gasteiger charge is -2.28. The summed E-state index contributed by atoms with van der Waals surface area (Å²) in [4.78, 5) is 10.3. The molecule has 1 fully saturated rings. The summed E-state index contributed by atoms with van der Waals surface area (Å²) in [6.45, 7) is 0.757. The molecule has 0 bridgehead atoms. The number of halogens is 1. The van der Waals surface area contributed by atoms with E-state index in [1.807, 2.05) is 17.8 Å².